The Morgan fingerprint density at radius 3 is 2.87 bits per heavy atom. The first kappa shape index (κ1) is 18.4. The molecule has 1 saturated carbocycles. The molecule has 152 valence electrons. The van der Waals surface area contributed by atoms with Gasteiger partial charge in [-0.1, -0.05) is 24.2 Å². The molecule has 4 aromatic rings. The molecule has 4 heterocycles. The van der Waals surface area contributed by atoms with E-state index in [-0.39, 0.29) is 18.0 Å². The van der Waals surface area contributed by atoms with E-state index in [0.29, 0.717) is 34.7 Å². The van der Waals surface area contributed by atoms with Crippen molar-refractivity contribution in [1.29, 1.82) is 0 Å². The molecule has 3 atom stereocenters. The van der Waals surface area contributed by atoms with Gasteiger partial charge >= 0.3 is 0 Å². The van der Waals surface area contributed by atoms with Gasteiger partial charge in [-0.2, -0.15) is 4.98 Å². The molecule has 4 aromatic heterocycles. The predicted molar refractivity (Wildman–Crippen MR) is 109 cm³/mol. The molecule has 5 rings (SSSR count). The molecule has 9 heteroatoms. The largest absolute Gasteiger partial charge is 0.337 e. The third-order valence-corrected chi connectivity index (χ3v) is 5.75. The Bertz CT molecular complexity index is 1300. The number of aryl methyl sites for hydroxylation is 1. The van der Waals surface area contributed by atoms with Gasteiger partial charge in [-0.15, -0.1) is 0 Å². The van der Waals surface area contributed by atoms with Crippen molar-refractivity contribution in [2.45, 2.75) is 26.3 Å². The number of allylic oxidation sites excluding steroid dienone is 2. The summed E-state index contributed by atoms with van der Waals surface area (Å²) >= 11 is 0. The second kappa shape index (κ2) is 7.01. The van der Waals surface area contributed by atoms with Gasteiger partial charge in [-0.25, -0.2) is 9.97 Å². The van der Waals surface area contributed by atoms with E-state index in [1.165, 1.54) is 10.9 Å². The molecule has 0 unspecified atom stereocenters. The number of nitrogens with zero attached hydrogens (tertiary/aromatic N) is 7. The minimum absolute atomic E-state index is 0.175. The summed E-state index contributed by atoms with van der Waals surface area (Å²) in [6, 6.07) is 5.90. The van der Waals surface area contributed by atoms with Crippen molar-refractivity contribution in [3.63, 3.8) is 0 Å². The summed E-state index contributed by atoms with van der Waals surface area (Å²) in [6.45, 7) is 4.42. The zero-order valence-electron chi connectivity index (χ0n) is 16.9. The average molecular weight is 403 g/mol. The van der Waals surface area contributed by atoms with Gasteiger partial charge in [0.05, 0.1) is 12.0 Å². The third kappa shape index (κ3) is 3.12. The standard InChI is InChI=1S/C21H21N7O2/c1-12(15-6-4-5-7-22-15)8-14-13(2)17(14)19-25-16(30-26-19)9-28-11-24-20-18(21(28)29)27(3)10-23-20/h4-8,10-11,13-14,17H,9H2,1-3H3/b12-8+/t13-,14+,17+/m0/s1. The Morgan fingerprint density at radius 1 is 1.23 bits per heavy atom. The minimum atomic E-state index is -0.189. The van der Waals surface area contributed by atoms with E-state index in [9.17, 15) is 4.79 Å². The molecule has 30 heavy (non-hydrogen) atoms. The second-order valence-corrected chi connectivity index (χ2v) is 7.78. The smallest absolute Gasteiger partial charge is 0.280 e. The summed E-state index contributed by atoms with van der Waals surface area (Å²) in [4.78, 5) is 30.0. The Hall–Kier alpha value is -3.62. The molecule has 1 fully saturated rings. The molecule has 0 aliphatic heterocycles. The summed E-state index contributed by atoms with van der Waals surface area (Å²) in [5.74, 6) is 2.03. The third-order valence-electron chi connectivity index (χ3n) is 5.75. The van der Waals surface area contributed by atoms with Gasteiger partial charge in [-0.3, -0.25) is 14.3 Å². The van der Waals surface area contributed by atoms with Gasteiger partial charge in [0.2, 0.25) is 5.89 Å². The molecule has 0 amide bonds. The average Bonchev–Trinajstić information content (AvgIpc) is 3.09. The van der Waals surface area contributed by atoms with E-state index in [1.807, 2.05) is 18.2 Å². The van der Waals surface area contributed by atoms with Gasteiger partial charge in [0.15, 0.2) is 17.0 Å². The first-order valence-corrected chi connectivity index (χ1v) is 9.81. The highest BCUT2D eigenvalue weighted by molar-refractivity contribution is 5.68. The van der Waals surface area contributed by atoms with Gasteiger partial charge in [0.1, 0.15) is 12.9 Å². The summed E-state index contributed by atoms with van der Waals surface area (Å²) in [5.41, 5.74) is 2.80. The highest BCUT2D eigenvalue weighted by Gasteiger charge is 2.49. The molecular weight excluding hydrogens is 382 g/mol. The number of hydrogen-bond donors (Lipinski definition) is 0. The lowest BCUT2D eigenvalue weighted by Crippen LogP contribution is -2.22. The van der Waals surface area contributed by atoms with Crippen molar-refractivity contribution in [2.75, 3.05) is 0 Å². The quantitative estimate of drug-likeness (QED) is 0.504. The van der Waals surface area contributed by atoms with E-state index in [1.54, 1.807) is 24.1 Å². The normalized spacial score (nSPS) is 21.3. The van der Waals surface area contributed by atoms with E-state index in [0.717, 1.165) is 11.3 Å². The Balaban J connectivity index is 1.35. The zero-order chi connectivity index (χ0) is 20.8. The zero-order valence-corrected chi connectivity index (χ0v) is 16.9. The van der Waals surface area contributed by atoms with Crippen LogP contribution < -0.4 is 5.56 Å². The van der Waals surface area contributed by atoms with E-state index >= 15 is 0 Å². The van der Waals surface area contributed by atoms with E-state index < -0.39 is 0 Å². The number of imidazole rings is 1. The molecule has 0 bridgehead atoms. The van der Waals surface area contributed by atoms with Gasteiger partial charge < -0.3 is 9.09 Å². The SMILES string of the molecule is C/C(=C\[C@@H]1[C@H](C)[C@H]1c1noc(Cn2cnc3ncn(C)c3c2=O)n1)c1ccccn1. The molecule has 0 spiro atoms. The monoisotopic (exact) mass is 403 g/mol. The maximum Gasteiger partial charge on any atom is 0.280 e. The van der Waals surface area contributed by atoms with E-state index in [2.05, 4.69) is 45.0 Å². The predicted octanol–water partition coefficient (Wildman–Crippen LogP) is 2.41. The number of rotatable bonds is 5. The van der Waals surface area contributed by atoms with Crippen LogP contribution in [0.1, 0.15) is 37.2 Å². The Labute approximate surface area is 172 Å². The highest BCUT2D eigenvalue weighted by Crippen LogP contribution is 2.54. The van der Waals surface area contributed by atoms with Crippen LogP contribution in [0.3, 0.4) is 0 Å². The molecule has 0 N–H and O–H groups in total. The van der Waals surface area contributed by atoms with Crippen LogP contribution in [0.4, 0.5) is 0 Å². The topological polar surface area (TPSA) is 105 Å². The molecule has 0 aromatic carbocycles. The number of aromatic nitrogens is 7. The first-order chi connectivity index (χ1) is 14.5. The molecule has 0 saturated heterocycles. The van der Waals surface area contributed by atoms with Crippen molar-refractivity contribution in [3.05, 3.63) is 70.9 Å². The van der Waals surface area contributed by atoms with Crippen molar-refractivity contribution >= 4 is 16.7 Å². The summed E-state index contributed by atoms with van der Waals surface area (Å²) in [7, 11) is 1.77. The van der Waals surface area contributed by atoms with Crippen LogP contribution >= 0.6 is 0 Å². The minimum Gasteiger partial charge on any atom is -0.337 e. The van der Waals surface area contributed by atoms with Crippen LogP contribution in [-0.4, -0.2) is 34.2 Å². The first-order valence-electron chi connectivity index (χ1n) is 9.81. The molecule has 1 aliphatic carbocycles. The number of hydrogen-bond acceptors (Lipinski definition) is 7. The van der Waals surface area contributed by atoms with Gasteiger partial charge in [0.25, 0.3) is 5.56 Å². The number of pyridine rings is 1. The molecule has 1 aliphatic rings. The lowest BCUT2D eigenvalue weighted by molar-refractivity contribution is 0.364. The van der Waals surface area contributed by atoms with Crippen LogP contribution in [0.15, 0.2) is 52.4 Å². The lowest BCUT2D eigenvalue weighted by Gasteiger charge is -2.01. The summed E-state index contributed by atoms with van der Waals surface area (Å²) in [5, 5.41) is 4.17. The van der Waals surface area contributed by atoms with Crippen molar-refractivity contribution in [2.24, 2.45) is 18.9 Å². The van der Waals surface area contributed by atoms with Crippen LogP contribution in [0, 0.1) is 11.8 Å². The highest BCUT2D eigenvalue weighted by atomic mass is 16.5. The summed E-state index contributed by atoms with van der Waals surface area (Å²) in [6.07, 6.45) is 7.07. The van der Waals surface area contributed by atoms with Gasteiger partial charge in [0, 0.05) is 19.2 Å². The fraction of sp³-hybridized carbons (Fsp3) is 0.333. The molecular formula is C21H21N7O2. The van der Waals surface area contributed by atoms with Crippen LogP contribution in [-0.2, 0) is 13.6 Å². The molecule has 9 nitrogen and oxygen atoms in total. The summed E-state index contributed by atoms with van der Waals surface area (Å²) < 4.78 is 8.55. The Morgan fingerprint density at radius 2 is 2.07 bits per heavy atom. The van der Waals surface area contributed by atoms with Crippen molar-refractivity contribution < 1.29 is 4.52 Å². The van der Waals surface area contributed by atoms with Crippen LogP contribution in [0.2, 0.25) is 0 Å². The maximum atomic E-state index is 12.7. The van der Waals surface area contributed by atoms with Crippen molar-refractivity contribution in [3.8, 4) is 0 Å². The number of fused-ring (bicyclic) bond motifs is 1. The lowest BCUT2D eigenvalue weighted by atomic mass is 10.1. The van der Waals surface area contributed by atoms with Gasteiger partial charge in [-0.05, 0) is 36.5 Å². The Kier molecular flexibility index (Phi) is 4.30. The maximum absolute atomic E-state index is 12.7. The fourth-order valence-electron chi connectivity index (χ4n) is 3.92. The molecule has 0 radical (unpaired) electrons. The van der Waals surface area contributed by atoms with Crippen LogP contribution in [0.5, 0.6) is 0 Å². The van der Waals surface area contributed by atoms with E-state index in [4.69, 9.17) is 4.52 Å². The van der Waals surface area contributed by atoms with Crippen LogP contribution in [0.25, 0.3) is 16.7 Å². The fourth-order valence-corrected chi connectivity index (χ4v) is 3.92. The second-order valence-electron chi connectivity index (χ2n) is 7.78. The van der Waals surface area contributed by atoms with Crippen molar-refractivity contribution in [1.82, 2.24) is 34.2 Å².